The van der Waals surface area contributed by atoms with Crippen molar-refractivity contribution in [2.75, 3.05) is 0 Å². The Labute approximate surface area is 320 Å². The predicted octanol–water partition coefficient (Wildman–Crippen LogP) is 13.3. The monoisotopic (exact) mass is 714 g/mol. The third-order valence-electron chi connectivity index (χ3n) is 11.2. The average Bonchev–Trinajstić information content (AvgIpc) is 3.82. The molecule has 0 radical (unpaired) electrons. The van der Waals surface area contributed by atoms with Crippen LogP contribution in [-0.2, 0) is 0 Å². The Morgan fingerprint density at radius 3 is 1.88 bits per heavy atom. The minimum Gasteiger partial charge on any atom is -0.455 e. The summed E-state index contributed by atoms with van der Waals surface area (Å²) in [4.78, 5) is 15.9. The Kier molecular flexibility index (Phi) is 6.56. The lowest BCUT2D eigenvalue weighted by Gasteiger charge is -2.15. The molecule has 9 aromatic carbocycles. The van der Waals surface area contributed by atoms with Gasteiger partial charge in [-0.25, -0.2) is 4.98 Å². The largest absolute Gasteiger partial charge is 0.455 e. The van der Waals surface area contributed by atoms with E-state index in [1.54, 1.807) is 0 Å². The minimum atomic E-state index is 0.548. The van der Waals surface area contributed by atoms with Crippen molar-refractivity contribution < 1.29 is 4.42 Å². The number of rotatable bonds is 4. The third kappa shape index (κ3) is 4.58. The van der Waals surface area contributed by atoms with Crippen molar-refractivity contribution in [3.05, 3.63) is 182 Å². The van der Waals surface area contributed by atoms with Crippen molar-refractivity contribution >= 4 is 76.1 Å². The first kappa shape index (κ1) is 30.8. The fourth-order valence-corrected chi connectivity index (χ4v) is 8.66. The summed E-state index contributed by atoms with van der Waals surface area (Å²) >= 11 is 0. The molecule has 0 aliphatic heterocycles. The first-order valence-corrected chi connectivity index (χ1v) is 18.9. The Bertz CT molecular complexity index is 3540. The van der Waals surface area contributed by atoms with Gasteiger partial charge >= 0.3 is 0 Å². The summed E-state index contributed by atoms with van der Waals surface area (Å²) in [6.07, 6.45) is 0. The molecule has 0 unspecified atom stereocenters. The third-order valence-corrected chi connectivity index (χ3v) is 11.2. The Hall–Kier alpha value is -7.63. The quantitative estimate of drug-likeness (QED) is 0.182. The molecule has 5 heteroatoms. The minimum absolute atomic E-state index is 0.548. The van der Waals surface area contributed by atoms with Crippen LogP contribution in [0.15, 0.2) is 186 Å². The van der Waals surface area contributed by atoms with E-state index in [1.165, 1.54) is 5.39 Å². The van der Waals surface area contributed by atoms with Gasteiger partial charge in [-0.05, 0) is 45.1 Å². The lowest BCUT2D eigenvalue weighted by Crippen LogP contribution is -2.07. The summed E-state index contributed by atoms with van der Waals surface area (Å²) in [7, 11) is 0. The number of benzene rings is 9. The number of hydrogen-bond donors (Lipinski definition) is 0. The maximum absolute atomic E-state index is 6.82. The number of furan rings is 1. The average molecular weight is 715 g/mol. The zero-order valence-electron chi connectivity index (χ0n) is 30.0. The number of hydrogen-bond acceptors (Lipinski definition) is 4. The van der Waals surface area contributed by atoms with Crippen LogP contribution in [-0.4, -0.2) is 19.5 Å². The van der Waals surface area contributed by atoms with Gasteiger partial charge in [0.25, 0.3) is 0 Å². The van der Waals surface area contributed by atoms with Gasteiger partial charge in [0.15, 0.2) is 11.6 Å². The number of para-hydroxylation sites is 2. The van der Waals surface area contributed by atoms with Crippen molar-refractivity contribution in [1.82, 2.24) is 19.5 Å². The lowest BCUT2D eigenvalue weighted by atomic mass is 9.93. The molecule has 12 aromatic rings. The summed E-state index contributed by atoms with van der Waals surface area (Å²) in [5, 5.41) is 11.2. The highest BCUT2D eigenvalue weighted by Crippen LogP contribution is 2.46. The van der Waals surface area contributed by atoms with Gasteiger partial charge in [-0.15, -0.1) is 0 Å². The van der Waals surface area contributed by atoms with Crippen molar-refractivity contribution in [2.24, 2.45) is 0 Å². The van der Waals surface area contributed by atoms with Crippen molar-refractivity contribution in [2.45, 2.75) is 0 Å². The second kappa shape index (κ2) is 11.9. The number of fused-ring (bicyclic) bond motifs is 10. The molecule has 3 heterocycles. The molecule has 0 saturated carbocycles. The second-order valence-electron chi connectivity index (χ2n) is 14.4. The molecule has 0 saturated heterocycles. The van der Waals surface area contributed by atoms with Crippen molar-refractivity contribution in [3.63, 3.8) is 0 Å². The molecule has 0 atom stereocenters. The van der Waals surface area contributed by atoms with Gasteiger partial charge in [0.05, 0.1) is 11.0 Å². The fourth-order valence-electron chi connectivity index (χ4n) is 8.66. The molecule has 56 heavy (non-hydrogen) atoms. The highest BCUT2D eigenvalue weighted by Gasteiger charge is 2.25. The Morgan fingerprint density at radius 1 is 0.375 bits per heavy atom. The maximum Gasteiger partial charge on any atom is 0.238 e. The summed E-state index contributed by atoms with van der Waals surface area (Å²) in [5.41, 5.74) is 7.70. The van der Waals surface area contributed by atoms with E-state index in [9.17, 15) is 0 Å². The lowest BCUT2D eigenvalue weighted by molar-refractivity contribution is 0.670. The van der Waals surface area contributed by atoms with Crippen LogP contribution in [0.25, 0.3) is 116 Å². The Morgan fingerprint density at radius 2 is 1.02 bits per heavy atom. The van der Waals surface area contributed by atoms with E-state index in [-0.39, 0.29) is 0 Å². The van der Waals surface area contributed by atoms with Crippen LogP contribution in [0.5, 0.6) is 0 Å². The summed E-state index contributed by atoms with van der Waals surface area (Å²) in [6.45, 7) is 0. The van der Waals surface area contributed by atoms with Gasteiger partial charge in [-0.2, -0.15) is 9.97 Å². The van der Waals surface area contributed by atoms with E-state index in [0.717, 1.165) is 92.9 Å². The first-order valence-electron chi connectivity index (χ1n) is 18.9. The van der Waals surface area contributed by atoms with Crippen molar-refractivity contribution in [1.29, 1.82) is 0 Å². The molecule has 0 aliphatic rings. The van der Waals surface area contributed by atoms with E-state index in [4.69, 9.17) is 19.4 Å². The van der Waals surface area contributed by atoms with Crippen LogP contribution in [0.3, 0.4) is 0 Å². The van der Waals surface area contributed by atoms with Crippen molar-refractivity contribution in [3.8, 4) is 39.9 Å². The standard InChI is InChI=1S/C51H30N4O/c1-2-15-33(16-3-1)49-52-50(36-26-25-31-13-4-5-17-34(31)29-36)54-51(53-49)55-46-38-20-9-6-14-32(38)27-28-41(46)40-22-12-23-42(47(40)55)45-37-19-8-7-18-35(37)30-43-39-21-10-11-24-44(39)56-48(43)45/h1-30H. The van der Waals surface area contributed by atoms with Crippen LogP contribution >= 0.6 is 0 Å². The summed E-state index contributed by atoms with van der Waals surface area (Å²) in [5.74, 6) is 1.76. The molecule has 260 valence electrons. The van der Waals surface area contributed by atoms with E-state index in [1.807, 2.05) is 24.3 Å². The van der Waals surface area contributed by atoms with E-state index < -0.39 is 0 Å². The van der Waals surface area contributed by atoms with Gasteiger partial charge in [-0.1, -0.05) is 164 Å². The van der Waals surface area contributed by atoms with Crippen LogP contribution in [0.4, 0.5) is 0 Å². The molecule has 0 fully saturated rings. The maximum atomic E-state index is 6.82. The predicted molar refractivity (Wildman–Crippen MR) is 230 cm³/mol. The molecule has 3 aromatic heterocycles. The molecular formula is C51H30N4O. The van der Waals surface area contributed by atoms with Crippen LogP contribution in [0.2, 0.25) is 0 Å². The highest BCUT2D eigenvalue weighted by molar-refractivity contribution is 6.25. The molecule has 0 spiro atoms. The number of aromatic nitrogens is 4. The van der Waals surface area contributed by atoms with Gasteiger partial charge < -0.3 is 4.42 Å². The van der Waals surface area contributed by atoms with Gasteiger partial charge in [-0.3, -0.25) is 4.57 Å². The first-order chi connectivity index (χ1) is 27.8. The number of nitrogens with zero attached hydrogens (tertiary/aromatic N) is 4. The SMILES string of the molecule is c1ccc(-c2nc(-c3ccc4ccccc4c3)nc(-n3c4c(-c5c6ccccc6cc6c5oc5ccccc56)cccc4c4ccc5ccccc5c43)n2)cc1. The van der Waals surface area contributed by atoms with Crippen LogP contribution < -0.4 is 0 Å². The smallest absolute Gasteiger partial charge is 0.238 e. The van der Waals surface area contributed by atoms with Crippen LogP contribution in [0, 0.1) is 0 Å². The van der Waals surface area contributed by atoms with Crippen LogP contribution in [0.1, 0.15) is 0 Å². The molecule has 0 N–H and O–H groups in total. The molecule has 0 amide bonds. The van der Waals surface area contributed by atoms with E-state index >= 15 is 0 Å². The molecular weight excluding hydrogens is 685 g/mol. The molecule has 12 rings (SSSR count). The normalized spacial score (nSPS) is 11.9. The fraction of sp³-hybridized carbons (Fsp3) is 0. The Balaban J connectivity index is 1.26. The molecule has 5 nitrogen and oxygen atoms in total. The zero-order valence-corrected chi connectivity index (χ0v) is 30.0. The summed E-state index contributed by atoms with van der Waals surface area (Å²) < 4.78 is 9.10. The zero-order chi connectivity index (χ0) is 36.7. The van der Waals surface area contributed by atoms with E-state index in [0.29, 0.717) is 17.6 Å². The van der Waals surface area contributed by atoms with Gasteiger partial charge in [0.2, 0.25) is 5.95 Å². The molecule has 0 aliphatic carbocycles. The summed E-state index contributed by atoms with van der Waals surface area (Å²) in [6, 6.07) is 63.8. The topological polar surface area (TPSA) is 56.7 Å². The van der Waals surface area contributed by atoms with Gasteiger partial charge in [0.1, 0.15) is 11.2 Å². The second-order valence-corrected chi connectivity index (χ2v) is 14.4. The van der Waals surface area contributed by atoms with E-state index in [2.05, 4.69) is 162 Å². The highest BCUT2D eigenvalue weighted by atomic mass is 16.3. The molecule has 0 bridgehead atoms. The van der Waals surface area contributed by atoms with Gasteiger partial charge in [0, 0.05) is 49.2 Å².